The summed E-state index contributed by atoms with van der Waals surface area (Å²) in [6, 6.07) is 7.30. The van der Waals surface area contributed by atoms with Crippen molar-refractivity contribution in [2.45, 2.75) is 0 Å². The number of hydrogen-bond acceptors (Lipinski definition) is 3. The second-order valence-electron chi connectivity index (χ2n) is 2.16. The Morgan fingerprint density at radius 1 is 1.17 bits per heavy atom. The van der Waals surface area contributed by atoms with Gasteiger partial charge in [-0.05, 0) is 24.3 Å². The van der Waals surface area contributed by atoms with Crippen molar-refractivity contribution in [3.8, 4) is 11.5 Å². The van der Waals surface area contributed by atoms with Crippen LogP contribution in [-0.2, 0) is 0 Å². The maximum absolute atomic E-state index is 5.11. The van der Waals surface area contributed by atoms with Crippen molar-refractivity contribution in [3.05, 3.63) is 24.3 Å². The molecule has 12 heavy (non-hydrogen) atoms. The summed E-state index contributed by atoms with van der Waals surface area (Å²) in [6.07, 6.45) is 1.39. The molecule has 0 heterocycles. The molecule has 0 N–H and O–H groups in total. The van der Waals surface area contributed by atoms with Gasteiger partial charge in [0.1, 0.15) is 11.5 Å². The van der Waals surface area contributed by atoms with Gasteiger partial charge in [0.2, 0.25) is 0 Å². The number of hydrogen-bond donors (Lipinski definition) is 0. The van der Waals surface area contributed by atoms with Crippen molar-refractivity contribution >= 4 is 6.40 Å². The fourth-order valence-electron chi connectivity index (χ4n) is 0.768. The molecule has 0 aromatic heterocycles. The van der Waals surface area contributed by atoms with E-state index in [0.29, 0.717) is 0 Å². The van der Waals surface area contributed by atoms with Gasteiger partial charge < -0.3 is 9.47 Å². The maximum atomic E-state index is 5.11. The fraction of sp³-hybridized carbons (Fsp3) is 0.222. The summed E-state index contributed by atoms with van der Waals surface area (Å²) in [5.41, 5.74) is 0. The van der Waals surface area contributed by atoms with Crippen molar-refractivity contribution < 1.29 is 9.47 Å². The lowest BCUT2D eigenvalue weighted by Crippen LogP contribution is -1.89. The van der Waals surface area contributed by atoms with Gasteiger partial charge in [0.15, 0.2) is 6.40 Å². The fourth-order valence-corrected chi connectivity index (χ4v) is 0.768. The van der Waals surface area contributed by atoms with Crippen molar-refractivity contribution in [3.63, 3.8) is 0 Å². The Bertz CT molecular complexity index is 254. The van der Waals surface area contributed by atoms with Crippen LogP contribution in [0, 0.1) is 0 Å². The smallest absolute Gasteiger partial charge is 0.176 e. The molecule has 0 aliphatic rings. The monoisotopic (exact) mass is 165 g/mol. The molecule has 0 unspecified atom stereocenters. The van der Waals surface area contributed by atoms with E-state index in [1.54, 1.807) is 14.2 Å². The van der Waals surface area contributed by atoms with Crippen molar-refractivity contribution in [2.75, 3.05) is 14.2 Å². The van der Waals surface area contributed by atoms with E-state index < -0.39 is 0 Å². The molecule has 0 bridgehead atoms. The lowest BCUT2D eigenvalue weighted by molar-refractivity contribution is 0.414. The van der Waals surface area contributed by atoms with Crippen LogP contribution in [0.5, 0.6) is 11.5 Å². The second-order valence-corrected chi connectivity index (χ2v) is 2.16. The first-order chi connectivity index (χ1) is 5.86. The van der Waals surface area contributed by atoms with Gasteiger partial charge in [-0.2, -0.15) is 0 Å². The molecule has 1 aromatic rings. The summed E-state index contributed by atoms with van der Waals surface area (Å²) in [5, 5.41) is 0. The van der Waals surface area contributed by atoms with Crippen LogP contribution in [0.2, 0.25) is 0 Å². The molecule has 3 nitrogen and oxygen atoms in total. The van der Waals surface area contributed by atoms with E-state index >= 15 is 0 Å². The van der Waals surface area contributed by atoms with Gasteiger partial charge in [-0.15, -0.1) is 0 Å². The molecule has 1 rings (SSSR count). The highest BCUT2D eigenvalue weighted by molar-refractivity contribution is 5.51. The minimum atomic E-state index is 0.751. The molecule has 0 spiro atoms. The van der Waals surface area contributed by atoms with Crippen LogP contribution in [0.15, 0.2) is 29.3 Å². The zero-order valence-corrected chi connectivity index (χ0v) is 7.15. The lowest BCUT2D eigenvalue weighted by atomic mass is 10.3. The zero-order chi connectivity index (χ0) is 8.81. The van der Waals surface area contributed by atoms with E-state index in [1.807, 2.05) is 24.3 Å². The first-order valence-corrected chi connectivity index (χ1v) is 3.58. The van der Waals surface area contributed by atoms with Crippen LogP contribution >= 0.6 is 0 Å². The zero-order valence-electron chi connectivity index (χ0n) is 7.15. The van der Waals surface area contributed by atoms with Crippen LogP contribution in [0.3, 0.4) is 0 Å². The molecule has 0 radical (unpaired) electrons. The highest BCUT2D eigenvalue weighted by Gasteiger charge is 1.91. The summed E-state index contributed by atoms with van der Waals surface area (Å²) in [7, 11) is 3.28. The largest absolute Gasteiger partial charge is 0.497 e. The van der Waals surface area contributed by atoms with E-state index in [1.165, 1.54) is 6.40 Å². The predicted octanol–water partition coefficient (Wildman–Crippen LogP) is 1.73. The summed E-state index contributed by atoms with van der Waals surface area (Å²) < 4.78 is 10.1. The van der Waals surface area contributed by atoms with Gasteiger partial charge in [0.25, 0.3) is 0 Å². The Balaban J connectivity index is 2.64. The summed E-state index contributed by atoms with van der Waals surface area (Å²) in [5.74, 6) is 1.57. The van der Waals surface area contributed by atoms with E-state index in [4.69, 9.17) is 9.47 Å². The highest BCUT2D eigenvalue weighted by atomic mass is 16.5. The molecule has 3 heteroatoms. The Kier molecular flexibility index (Phi) is 3.14. The Labute approximate surface area is 71.6 Å². The third kappa shape index (κ3) is 2.27. The normalized spacial score (nSPS) is 10.2. The van der Waals surface area contributed by atoms with Crippen LogP contribution in [0.1, 0.15) is 0 Å². The molecule has 0 atom stereocenters. The maximum Gasteiger partial charge on any atom is 0.176 e. The summed E-state index contributed by atoms with van der Waals surface area (Å²) in [6.45, 7) is 0. The third-order valence-corrected chi connectivity index (χ3v) is 1.35. The van der Waals surface area contributed by atoms with Gasteiger partial charge in [-0.1, -0.05) is 0 Å². The van der Waals surface area contributed by atoms with Crippen molar-refractivity contribution in [1.29, 1.82) is 0 Å². The summed E-state index contributed by atoms with van der Waals surface area (Å²) >= 11 is 0. The number of rotatable bonds is 3. The minimum absolute atomic E-state index is 0.751. The molecule has 0 amide bonds. The van der Waals surface area contributed by atoms with Crippen LogP contribution in [-0.4, -0.2) is 20.6 Å². The van der Waals surface area contributed by atoms with Gasteiger partial charge in [0.05, 0.1) is 7.11 Å². The van der Waals surface area contributed by atoms with E-state index in [-0.39, 0.29) is 0 Å². The van der Waals surface area contributed by atoms with E-state index in [9.17, 15) is 0 Å². The first-order valence-electron chi connectivity index (χ1n) is 3.58. The molecular formula is C9H11NO2. The van der Waals surface area contributed by atoms with Crippen molar-refractivity contribution in [2.24, 2.45) is 4.99 Å². The average Bonchev–Trinajstić information content (AvgIpc) is 2.15. The van der Waals surface area contributed by atoms with Gasteiger partial charge >= 0.3 is 0 Å². The average molecular weight is 165 g/mol. The summed E-state index contributed by atoms with van der Waals surface area (Å²) in [4.78, 5) is 3.70. The Morgan fingerprint density at radius 2 is 1.75 bits per heavy atom. The van der Waals surface area contributed by atoms with E-state index in [0.717, 1.165) is 11.5 Å². The highest BCUT2D eigenvalue weighted by Crippen LogP contribution is 2.16. The van der Waals surface area contributed by atoms with Crippen LogP contribution in [0.4, 0.5) is 0 Å². The molecule has 0 saturated carbocycles. The first kappa shape index (κ1) is 8.59. The Morgan fingerprint density at radius 3 is 2.25 bits per heavy atom. The number of nitrogens with zero attached hydrogens (tertiary/aromatic N) is 1. The quantitative estimate of drug-likeness (QED) is 0.504. The Hall–Kier alpha value is -1.51. The molecule has 64 valence electrons. The van der Waals surface area contributed by atoms with Gasteiger partial charge in [0, 0.05) is 7.05 Å². The van der Waals surface area contributed by atoms with Crippen LogP contribution in [0.25, 0.3) is 0 Å². The van der Waals surface area contributed by atoms with Gasteiger partial charge in [-0.3, -0.25) is 4.99 Å². The third-order valence-electron chi connectivity index (χ3n) is 1.35. The molecule has 0 saturated heterocycles. The predicted molar refractivity (Wildman–Crippen MR) is 48.0 cm³/mol. The van der Waals surface area contributed by atoms with Crippen LogP contribution < -0.4 is 9.47 Å². The molecule has 1 aromatic carbocycles. The van der Waals surface area contributed by atoms with Crippen molar-refractivity contribution in [1.82, 2.24) is 0 Å². The minimum Gasteiger partial charge on any atom is -0.497 e. The number of benzene rings is 1. The van der Waals surface area contributed by atoms with E-state index in [2.05, 4.69) is 4.99 Å². The molecule has 0 aliphatic carbocycles. The van der Waals surface area contributed by atoms with Gasteiger partial charge in [-0.25, -0.2) is 0 Å². The standard InChI is InChI=1S/C9H11NO2/c1-10-7-12-9-5-3-8(11-2)4-6-9/h3-7H,1-2H3/b10-7+. The molecular weight excluding hydrogens is 154 g/mol. The number of methoxy groups -OCH3 is 1. The topological polar surface area (TPSA) is 30.8 Å². The second kappa shape index (κ2) is 4.38. The molecule has 0 aliphatic heterocycles. The SMILES string of the molecule is C/N=C/Oc1ccc(OC)cc1. The lowest BCUT2D eigenvalue weighted by Gasteiger charge is -2.00. The molecule has 0 fully saturated rings. The number of aliphatic imine (C=N–C) groups is 1. The number of ether oxygens (including phenoxy) is 2.